The summed E-state index contributed by atoms with van der Waals surface area (Å²) in [4.78, 5) is 0. The van der Waals surface area contributed by atoms with Crippen molar-refractivity contribution in [1.82, 2.24) is 14.4 Å². The molecule has 10 heavy (non-hydrogen) atoms. The van der Waals surface area contributed by atoms with E-state index in [0.717, 1.165) is 12.4 Å². The molecule has 0 aromatic carbocycles. The van der Waals surface area contributed by atoms with Crippen molar-refractivity contribution < 1.29 is 13.0 Å². The van der Waals surface area contributed by atoms with Crippen molar-refractivity contribution in [3.8, 4) is 0 Å². The van der Waals surface area contributed by atoms with Gasteiger partial charge in [-0.15, -0.1) is 21.6 Å². The second kappa shape index (κ2) is 2.95. The minimum absolute atomic E-state index is 0. The molecule has 1 aromatic rings. The van der Waals surface area contributed by atoms with E-state index < -0.39 is 10.3 Å². The summed E-state index contributed by atoms with van der Waals surface area (Å²) in [6, 6.07) is 0. The lowest BCUT2D eigenvalue weighted by Gasteiger charge is -1.88. The zero-order valence-electron chi connectivity index (χ0n) is 4.58. The normalized spacial score (nSPS) is 10.5. The lowest BCUT2D eigenvalue weighted by atomic mass is 11.0. The highest BCUT2D eigenvalue weighted by Crippen LogP contribution is 1.84. The van der Waals surface area contributed by atoms with Gasteiger partial charge in [-0.2, -0.15) is 8.42 Å². The van der Waals surface area contributed by atoms with Crippen molar-refractivity contribution >= 4 is 22.7 Å². The van der Waals surface area contributed by atoms with Crippen molar-refractivity contribution in [1.29, 1.82) is 0 Å². The van der Waals surface area contributed by atoms with E-state index in [1.165, 1.54) is 0 Å². The summed E-state index contributed by atoms with van der Waals surface area (Å²) in [5.41, 5.74) is 0. The quantitative estimate of drug-likeness (QED) is 0.588. The van der Waals surface area contributed by atoms with Crippen LogP contribution in [0.15, 0.2) is 12.4 Å². The van der Waals surface area contributed by atoms with E-state index in [4.69, 9.17) is 4.55 Å². The summed E-state index contributed by atoms with van der Waals surface area (Å²) >= 11 is 0. The molecule has 0 amide bonds. The van der Waals surface area contributed by atoms with Crippen LogP contribution in [0.25, 0.3) is 0 Å². The van der Waals surface area contributed by atoms with Gasteiger partial charge in [0, 0.05) is 0 Å². The van der Waals surface area contributed by atoms with Crippen LogP contribution in [0, 0.1) is 0 Å². The fraction of sp³-hybridized carbons (Fsp3) is 0. The molecule has 1 heterocycles. The Bertz CT molecular complexity index is 279. The number of hydrogen-bond donors (Lipinski definition) is 1. The molecule has 0 radical (unpaired) electrons. The fourth-order valence-electron chi connectivity index (χ4n) is 0.320. The average Bonchev–Trinajstić information content (AvgIpc) is 2.08. The van der Waals surface area contributed by atoms with E-state index in [2.05, 4.69) is 10.3 Å². The molecule has 0 spiro atoms. The average molecular weight is 186 g/mol. The van der Waals surface area contributed by atoms with Crippen molar-refractivity contribution in [3.05, 3.63) is 12.4 Å². The standard InChI is InChI=1S/C2H3N3O3S.ClH/c6-9(7,8)5-2-1-3-4-5;/h1-2H,(H,6,7,8);1H. The first-order chi connectivity index (χ1) is 4.11. The van der Waals surface area contributed by atoms with Gasteiger partial charge in [-0.1, -0.05) is 5.21 Å². The van der Waals surface area contributed by atoms with Crippen LogP contribution in [-0.2, 0) is 10.3 Å². The molecule has 0 atom stereocenters. The Labute approximate surface area is 63.1 Å². The van der Waals surface area contributed by atoms with E-state index in [-0.39, 0.29) is 12.4 Å². The monoisotopic (exact) mass is 185 g/mol. The Morgan fingerprint density at radius 3 is 2.30 bits per heavy atom. The number of aromatic nitrogens is 3. The summed E-state index contributed by atoms with van der Waals surface area (Å²) in [5, 5.41) is 6.18. The first-order valence-electron chi connectivity index (χ1n) is 1.95. The number of hydrogen-bond acceptors (Lipinski definition) is 4. The largest absolute Gasteiger partial charge is 0.380 e. The zero-order chi connectivity index (χ0) is 6.91. The third-order valence-corrected chi connectivity index (χ3v) is 1.30. The van der Waals surface area contributed by atoms with Gasteiger partial charge in [0.15, 0.2) is 0 Å². The van der Waals surface area contributed by atoms with Crippen LogP contribution in [0.4, 0.5) is 0 Å². The van der Waals surface area contributed by atoms with Crippen LogP contribution in [0.3, 0.4) is 0 Å². The molecule has 0 saturated carbocycles. The Hall–Kier alpha value is -0.660. The summed E-state index contributed by atoms with van der Waals surface area (Å²) in [6.45, 7) is 0. The molecule has 0 saturated heterocycles. The van der Waals surface area contributed by atoms with E-state index in [1.807, 2.05) is 0 Å². The summed E-state index contributed by atoms with van der Waals surface area (Å²) in [7, 11) is -4.22. The van der Waals surface area contributed by atoms with Gasteiger partial charge in [-0.25, -0.2) is 0 Å². The molecule has 6 nitrogen and oxygen atoms in total. The van der Waals surface area contributed by atoms with Crippen molar-refractivity contribution in [2.75, 3.05) is 0 Å². The molecule has 1 rings (SSSR count). The second-order valence-electron chi connectivity index (χ2n) is 1.25. The maximum atomic E-state index is 10.1. The van der Waals surface area contributed by atoms with Gasteiger partial charge in [-0.3, -0.25) is 4.55 Å². The minimum Gasteiger partial charge on any atom is -0.268 e. The third kappa shape index (κ3) is 1.94. The molecule has 58 valence electrons. The predicted molar refractivity (Wildman–Crippen MR) is 34.2 cm³/mol. The van der Waals surface area contributed by atoms with Gasteiger partial charge in [0.2, 0.25) is 0 Å². The smallest absolute Gasteiger partial charge is 0.268 e. The molecule has 0 bridgehead atoms. The molecule has 0 aliphatic heterocycles. The first-order valence-corrected chi connectivity index (χ1v) is 3.35. The lowest BCUT2D eigenvalue weighted by molar-refractivity contribution is 0.463. The number of halogens is 1. The Morgan fingerprint density at radius 2 is 2.10 bits per heavy atom. The summed E-state index contributed by atoms with van der Waals surface area (Å²) in [6.07, 6.45) is 2.17. The zero-order valence-corrected chi connectivity index (χ0v) is 6.21. The van der Waals surface area contributed by atoms with Crippen molar-refractivity contribution in [2.24, 2.45) is 0 Å². The first kappa shape index (κ1) is 9.34. The van der Waals surface area contributed by atoms with E-state index in [9.17, 15) is 8.42 Å². The maximum Gasteiger partial charge on any atom is 0.380 e. The molecule has 1 aromatic heterocycles. The summed E-state index contributed by atoms with van der Waals surface area (Å²) < 4.78 is 28.8. The van der Waals surface area contributed by atoms with Crippen LogP contribution in [-0.4, -0.2) is 27.4 Å². The van der Waals surface area contributed by atoms with Crippen molar-refractivity contribution in [2.45, 2.75) is 0 Å². The number of rotatable bonds is 1. The molecular formula is C2H4ClN3O3S. The topological polar surface area (TPSA) is 85.1 Å². The van der Waals surface area contributed by atoms with Gasteiger partial charge in [0.05, 0.1) is 12.4 Å². The third-order valence-electron chi connectivity index (χ3n) is 0.637. The molecule has 8 heteroatoms. The van der Waals surface area contributed by atoms with Crippen LogP contribution >= 0.6 is 12.4 Å². The highest BCUT2D eigenvalue weighted by atomic mass is 35.5. The lowest BCUT2D eigenvalue weighted by Crippen LogP contribution is -2.11. The highest BCUT2D eigenvalue weighted by Gasteiger charge is 2.05. The maximum absolute atomic E-state index is 10.1. The molecule has 0 unspecified atom stereocenters. The molecule has 0 aliphatic rings. The number of nitrogens with zero attached hydrogens (tertiary/aromatic N) is 3. The molecule has 0 aliphatic carbocycles. The molecule has 1 N–H and O–H groups in total. The fourth-order valence-corrected chi connectivity index (χ4v) is 0.663. The minimum atomic E-state index is -4.22. The second-order valence-corrected chi connectivity index (χ2v) is 2.52. The van der Waals surface area contributed by atoms with E-state index in [0.29, 0.717) is 4.09 Å². The summed E-state index contributed by atoms with van der Waals surface area (Å²) in [5.74, 6) is 0. The van der Waals surface area contributed by atoms with E-state index in [1.54, 1.807) is 0 Å². The highest BCUT2D eigenvalue weighted by molar-refractivity contribution is 7.84. The van der Waals surface area contributed by atoms with Crippen LogP contribution < -0.4 is 0 Å². The van der Waals surface area contributed by atoms with Crippen molar-refractivity contribution in [3.63, 3.8) is 0 Å². The Morgan fingerprint density at radius 1 is 1.50 bits per heavy atom. The molecular weight excluding hydrogens is 182 g/mol. The van der Waals surface area contributed by atoms with Crippen LogP contribution in [0.2, 0.25) is 0 Å². The Kier molecular flexibility index (Phi) is 2.76. The van der Waals surface area contributed by atoms with Crippen LogP contribution in [0.1, 0.15) is 0 Å². The predicted octanol–water partition coefficient (Wildman–Crippen LogP) is -0.649. The van der Waals surface area contributed by atoms with Gasteiger partial charge in [0.1, 0.15) is 0 Å². The van der Waals surface area contributed by atoms with E-state index >= 15 is 0 Å². The Balaban J connectivity index is 0.000000810. The van der Waals surface area contributed by atoms with Gasteiger partial charge in [0.25, 0.3) is 0 Å². The van der Waals surface area contributed by atoms with Crippen LogP contribution in [0.5, 0.6) is 0 Å². The van der Waals surface area contributed by atoms with Gasteiger partial charge in [-0.05, 0) is 0 Å². The van der Waals surface area contributed by atoms with Gasteiger partial charge >= 0.3 is 10.3 Å². The van der Waals surface area contributed by atoms with Gasteiger partial charge < -0.3 is 0 Å². The molecule has 0 fully saturated rings. The SMILES string of the molecule is Cl.O=S(=O)(O)n1ccnn1.